The standard InChI is InChI=1S/C11H14N6OS2/c1-17(2)10-15-16-11(20-10)19-6-7-4-3-5-8(13-7)9(18)14-12/h3-5H,6,12H2,1-2H3,(H,14,18). The summed E-state index contributed by atoms with van der Waals surface area (Å²) in [6, 6.07) is 5.25. The van der Waals surface area contributed by atoms with Crippen LogP contribution in [0.25, 0.3) is 0 Å². The van der Waals surface area contributed by atoms with E-state index < -0.39 is 5.91 Å². The highest BCUT2D eigenvalue weighted by atomic mass is 32.2. The molecule has 2 rings (SSSR count). The maximum Gasteiger partial charge on any atom is 0.283 e. The van der Waals surface area contributed by atoms with Gasteiger partial charge in [-0.3, -0.25) is 10.2 Å². The van der Waals surface area contributed by atoms with Crippen molar-refractivity contribution in [1.82, 2.24) is 20.6 Å². The highest BCUT2D eigenvalue weighted by Crippen LogP contribution is 2.28. The number of amides is 1. The zero-order valence-electron chi connectivity index (χ0n) is 11.0. The van der Waals surface area contributed by atoms with Crippen molar-refractivity contribution in [3.63, 3.8) is 0 Å². The third-order valence-corrected chi connectivity index (χ3v) is 4.55. The van der Waals surface area contributed by atoms with Gasteiger partial charge in [-0.05, 0) is 12.1 Å². The van der Waals surface area contributed by atoms with Crippen molar-refractivity contribution >= 4 is 34.1 Å². The Morgan fingerprint density at radius 2 is 2.25 bits per heavy atom. The first-order valence-corrected chi connectivity index (χ1v) is 7.51. The number of thioether (sulfide) groups is 1. The maximum absolute atomic E-state index is 11.4. The first kappa shape index (κ1) is 14.7. The van der Waals surface area contributed by atoms with Gasteiger partial charge in [0.1, 0.15) is 5.69 Å². The Hall–Kier alpha value is -1.71. The number of aromatic nitrogens is 3. The van der Waals surface area contributed by atoms with Crippen molar-refractivity contribution in [1.29, 1.82) is 0 Å². The fourth-order valence-corrected chi connectivity index (χ4v) is 3.01. The topological polar surface area (TPSA) is 97.0 Å². The molecule has 1 amide bonds. The van der Waals surface area contributed by atoms with Crippen molar-refractivity contribution in [2.24, 2.45) is 5.84 Å². The van der Waals surface area contributed by atoms with Crippen molar-refractivity contribution in [3.8, 4) is 0 Å². The predicted molar refractivity (Wildman–Crippen MR) is 79.7 cm³/mol. The minimum atomic E-state index is -0.400. The summed E-state index contributed by atoms with van der Waals surface area (Å²) in [5.74, 6) is 5.30. The Kier molecular flexibility index (Phi) is 4.88. The minimum absolute atomic E-state index is 0.303. The van der Waals surface area contributed by atoms with E-state index in [-0.39, 0.29) is 0 Å². The monoisotopic (exact) mass is 310 g/mol. The number of anilines is 1. The maximum atomic E-state index is 11.4. The quantitative estimate of drug-likeness (QED) is 0.366. The lowest BCUT2D eigenvalue weighted by Gasteiger charge is -2.04. The molecule has 106 valence electrons. The average molecular weight is 310 g/mol. The molecular weight excluding hydrogens is 296 g/mol. The number of hydrazine groups is 1. The van der Waals surface area contributed by atoms with Gasteiger partial charge in [-0.1, -0.05) is 29.2 Å². The van der Waals surface area contributed by atoms with E-state index in [1.165, 1.54) is 23.1 Å². The molecule has 0 aromatic carbocycles. The summed E-state index contributed by atoms with van der Waals surface area (Å²) in [4.78, 5) is 17.5. The van der Waals surface area contributed by atoms with Gasteiger partial charge in [0.2, 0.25) is 5.13 Å². The lowest BCUT2D eigenvalue weighted by Crippen LogP contribution is -2.30. The Morgan fingerprint density at radius 3 is 2.90 bits per heavy atom. The summed E-state index contributed by atoms with van der Waals surface area (Å²) < 4.78 is 0.865. The Labute approximate surface area is 124 Å². The van der Waals surface area contributed by atoms with Gasteiger partial charge >= 0.3 is 0 Å². The second-order valence-corrected chi connectivity index (χ2v) is 6.20. The molecule has 7 nitrogen and oxygen atoms in total. The molecule has 2 aromatic rings. The van der Waals surface area contributed by atoms with Crippen LogP contribution in [0.2, 0.25) is 0 Å². The van der Waals surface area contributed by atoms with Crippen LogP contribution in [-0.2, 0) is 5.75 Å². The molecule has 0 aliphatic heterocycles. The summed E-state index contributed by atoms with van der Waals surface area (Å²) in [6.07, 6.45) is 0. The van der Waals surface area contributed by atoms with Crippen LogP contribution in [0.1, 0.15) is 16.2 Å². The Morgan fingerprint density at radius 1 is 1.45 bits per heavy atom. The third kappa shape index (κ3) is 3.65. The Balaban J connectivity index is 2.01. The number of pyridine rings is 1. The minimum Gasteiger partial charge on any atom is -0.353 e. The number of rotatable bonds is 5. The lowest BCUT2D eigenvalue weighted by molar-refractivity contribution is 0.0948. The molecule has 20 heavy (non-hydrogen) atoms. The van der Waals surface area contributed by atoms with Crippen LogP contribution >= 0.6 is 23.1 Å². The first-order valence-electron chi connectivity index (χ1n) is 5.70. The number of carbonyl (C=O) groups is 1. The van der Waals surface area contributed by atoms with Crippen LogP contribution in [0.4, 0.5) is 5.13 Å². The second kappa shape index (κ2) is 6.64. The molecule has 9 heteroatoms. The van der Waals surface area contributed by atoms with Crippen LogP contribution in [-0.4, -0.2) is 35.2 Å². The molecule has 0 saturated carbocycles. The number of hydrogen-bond donors (Lipinski definition) is 2. The molecule has 3 N–H and O–H groups in total. The van der Waals surface area contributed by atoms with Gasteiger partial charge in [-0.15, -0.1) is 10.2 Å². The SMILES string of the molecule is CN(C)c1nnc(SCc2cccc(C(=O)NN)n2)s1. The van der Waals surface area contributed by atoms with Gasteiger partial charge in [0, 0.05) is 19.8 Å². The predicted octanol–water partition coefficient (Wildman–Crippen LogP) is 0.895. The average Bonchev–Trinajstić information content (AvgIpc) is 2.93. The van der Waals surface area contributed by atoms with Crippen LogP contribution < -0.4 is 16.2 Å². The van der Waals surface area contributed by atoms with Crippen molar-refractivity contribution < 1.29 is 4.79 Å². The number of hydrogen-bond acceptors (Lipinski definition) is 8. The number of nitrogens with two attached hydrogens (primary N) is 1. The molecule has 0 aliphatic carbocycles. The molecular formula is C11H14N6OS2. The van der Waals surface area contributed by atoms with E-state index in [0.717, 1.165) is 15.2 Å². The van der Waals surface area contributed by atoms with Crippen molar-refractivity contribution in [3.05, 3.63) is 29.6 Å². The fourth-order valence-electron chi connectivity index (χ4n) is 1.34. The van der Waals surface area contributed by atoms with E-state index in [9.17, 15) is 4.79 Å². The third-order valence-electron chi connectivity index (χ3n) is 2.29. The summed E-state index contributed by atoms with van der Waals surface area (Å²) in [7, 11) is 3.84. The molecule has 0 fully saturated rings. The normalized spacial score (nSPS) is 10.3. The van der Waals surface area contributed by atoms with E-state index in [1.54, 1.807) is 12.1 Å². The molecule has 0 spiro atoms. The van der Waals surface area contributed by atoms with Gasteiger partial charge in [-0.2, -0.15) is 0 Å². The highest BCUT2D eigenvalue weighted by Gasteiger charge is 2.09. The number of nitrogens with one attached hydrogen (secondary N) is 1. The summed E-state index contributed by atoms with van der Waals surface area (Å²) >= 11 is 3.05. The van der Waals surface area contributed by atoms with E-state index in [1.807, 2.05) is 25.1 Å². The van der Waals surface area contributed by atoms with E-state index in [2.05, 4.69) is 20.6 Å². The van der Waals surface area contributed by atoms with Crippen molar-refractivity contribution in [2.75, 3.05) is 19.0 Å². The van der Waals surface area contributed by atoms with Gasteiger partial charge in [0.05, 0.1) is 5.69 Å². The zero-order chi connectivity index (χ0) is 14.5. The lowest BCUT2D eigenvalue weighted by atomic mass is 10.3. The van der Waals surface area contributed by atoms with Gasteiger partial charge < -0.3 is 4.90 Å². The number of nitrogen functional groups attached to an aromatic ring is 1. The molecule has 2 aromatic heterocycles. The van der Waals surface area contributed by atoms with Gasteiger partial charge in [0.15, 0.2) is 4.34 Å². The first-order chi connectivity index (χ1) is 9.60. The molecule has 0 bridgehead atoms. The van der Waals surface area contributed by atoms with E-state index >= 15 is 0 Å². The fraction of sp³-hybridized carbons (Fsp3) is 0.273. The van der Waals surface area contributed by atoms with E-state index in [0.29, 0.717) is 11.4 Å². The molecule has 0 saturated heterocycles. The smallest absolute Gasteiger partial charge is 0.283 e. The molecule has 2 heterocycles. The number of carbonyl (C=O) groups excluding carboxylic acids is 1. The number of nitrogens with zero attached hydrogens (tertiary/aromatic N) is 4. The molecule has 0 atom stereocenters. The largest absolute Gasteiger partial charge is 0.353 e. The summed E-state index contributed by atoms with van der Waals surface area (Å²) in [5, 5.41) is 9.01. The highest BCUT2D eigenvalue weighted by molar-refractivity contribution is 8.00. The Bertz CT molecular complexity index is 600. The second-order valence-electron chi connectivity index (χ2n) is 4.02. The summed E-state index contributed by atoms with van der Waals surface area (Å²) in [6.45, 7) is 0. The molecule has 0 radical (unpaired) electrons. The van der Waals surface area contributed by atoms with Gasteiger partial charge in [-0.25, -0.2) is 10.8 Å². The zero-order valence-corrected chi connectivity index (χ0v) is 12.7. The van der Waals surface area contributed by atoms with Crippen LogP contribution in [0.5, 0.6) is 0 Å². The van der Waals surface area contributed by atoms with Crippen molar-refractivity contribution in [2.45, 2.75) is 10.1 Å². The van der Waals surface area contributed by atoms with Gasteiger partial charge in [0.25, 0.3) is 5.91 Å². The van der Waals surface area contributed by atoms with Crippen LogP contribution in [0.15, 0.2) is 22.5 Å². The molecule has 0 unspecified atom stereocenters. The van der Waals surface area contributed by atoms with Crippen LogP contribution in [0, 0.1) is 0 Å². The molecule has 0 aliphatic rings. The van der Waals surface area contributed by atoms with E-state index in [4.69, 9.17) is 5.84 Å². The summed E-state index contributed by atoms with van der Waals surface area (Å²) in [5.41, 5.74) is 3.16. The van der Waals surface area contributed by atoms with Crippen LogP contribution in [0.3, 0.4) is 0 Å².